The van der Waals surface area contributed by atoms with Crippen LogP contribution in [0.25, 0.3) is 0 Å². The fourth-order valence-corrected chi connectivity index (χ4v) is 7.16. The zero-order chi connectivity index (χ0) is 20.0. The molecule has 0 bridgehead atoms. The first-order valence-electron chi connectivity index (χ1n) is 8.97. The lowest BCUT2D eigenvalue weighted by Crippen LogP contribution is -2.76. The lowest BCUT2D eigenvalue weighted by molar-refractivity contribution is -0.298. The highest BCUT2D eigenvalue weighted by Crippen LogP contribution is 2.80. The summed E-state index contributed by atoms with van der Waals surface area (Å²) in [7, 11) is -4.24. The lowest BCUT2D eigenvalue weighted by Gasteiger charge is -2.79. The largest absolute Gasteiger partial charge is 0.285 e. The van der Waals surface area contributed by atoms with Crippen LogP contribution in [0.4, 0.5) is 0 Å². The maximum atomic E-state index is 12.5. The molecule has 144 valence electrons. The van der Waals surface area contributed by atoms with E-state index in [-0.39, 0.29) is 27.1 Å². The highest BCUT2D eigenvalue weighted by molar-refractivity contribution is 7.87. The number of rotatable bonds is 2. The summed E-state index contributed by atoms with van der Waals surface area (Å²) in [6, 6.07) is 0. The third-order valence-corrected chi connectivity index (χ3v) is 12.3. The molecule has 1 saturated carbocycles. The molecule has 0 unspecified atom stereocenters. The van der Waals surface area contributed by atoms with Gasteiger partial charge in [-0.05, 0) is 40.9 Å². The summed E-state index contributed by atoms with van der Waals surface area (Å²) >= 11 is 0. The van der Waals surface area contributed by atoms with Gasteiger partial charge in [-0.25, -0.2) is 0 Å². The van der Waals surface area contributed by atoms with Gasteiger partial charge in [0.2, 0.25) is 0 Å². The SMILES string of the molecule is CC1(C)C(C)(C)C(C)(C)C(C)(C(C)(C)S(=O)(=O)O)C(C)(C)C1(C)C. The molecule has 1 N–H and O–H groups in total. The van der Waals surface area contributed by atoms with Gasteiger partial charge in [-0.1, -0.05) is 76.2 Å². The molecule has 0 heterocycles. The van der Waals surface area contributed by atoms with Crippen LogP contribution in [0.5, 0.6) is 0 Å². The highest BCUT2D eigenvalue weighted by Gasteiger charge is 2.78. The first kappa shape index (κ1) is 22.0. The van der Waals surface area contributed by atoms with Gasteiger partial charge in [0.15, 0.2) is 0 Å². The Kier molecular flexibility index (Phi) is 4.38. The van der Waals surface area contributed by atoms with Crippen LogP contribution in [-0.4, -0.2) is 17.7 Å². The van der Waals surface area contributed by atoms with Gasteiger partial charge in [0, 0.05) is 5.41 Å². The fraction of sp³-hybridized carbons (Fsp3) is 1.00. The summed E-state index contributed by atoms with van der Waals surface area (Å²) in [5, 5.41) is 0. The maximum Gasteiger partial charge on any atom is 0.270 e. The van der Waals surface area contributed by atoms with Crippen molar-refractivity contribution >= 4 is 10.1 Å². The molecule has 3 nitrogen and oxygen atoms in total. The molecule has 24 heavy (non-hydrogen) atoms. The minimum absolute atomic E-state index is 0.0399. The minimum atomic E-state index is -4.24. The van der Waals surface area contributed by atoms with Gasteiger partial charge in [0.25, 0.3) is 10.1 Å². The second-order valence-electron chi connectivity index (χ2n) is 11.2. The van der Waals surface area contributed by atoms with Gasteiger partial charge in [-0.3, -0.25) is 4.55 Å². The molecule has 4 heteroatoms. The van der Waals surface area contributed by atoms with Crippen LogP contribution in [0, 0.1) is 32.5 Å². The molecule has 0 saturated heterocycles. The van der Waals surface area contributed by atoms with Gasteiger partial charge >= 0.3 is 0 Å². The van der Waals surface area contributed by atoms with Gasteiger partial charge in [0.05, 0.1) is 4.75 Å². The predicted molar refractivity (Wildman–Crippen MR) is 103 cm³/mol. The van der Waals surface area contributed by atoms with Crippen LogP contribution in [0.1, 0.15) is 90.0 Å². The van der Waals surface area contributed by atoms with Crippen molar-refractivity contribution in [2.24, 2.45) is 32.5 Å². The molecule has 0 aliphatic heterocycles. The van der Waals surface area contributed by atoms with Crippen molar-refractivity contribution in [2.45, 2.75) is 94.8 Å². The lowest BCUT2D eigenvalue weighted by atomic mass is 9.26. The molecule has 1 fully saturated rings. The third kappa shape index (κ3) is 1.85. The summed E-state index contributed by atoms with van der Waals surface area (Å²) in [6.45, 7) is 27.8. The van der Waals surface area contributed by atoms with Crippen LogP contribution >= 0.6 is 0 Å². The summed E-state index contributed by atoms with van der Waals surface area (Å²) in [5.41, 5.74) is -1.71. The normalized spacial score (nSPS) is 29.9. The van der Waals surface area contributed by atoms with Crippen LogP contribution in [0.3, 0.4) is 0 Å². The molecule has 1 aliphatic rings. The molecule has 0 amide bonds. The van der Waals surface area contributed by atoms with E-state index in [0.29, 0.717) is 0 Å². The minimum Gasteiger partial charge on any atom is -0.285 e. The standard InChI is InChI=1S/C20H40O3S/c1-14(2)15(3,4)17(7,8)20(13,18(9,10)16(14,5)6)19(11,12)24(21,22)23/h1-13H3,(H,21,22,23). The summed E-state index contributed by atoms with van der Waals surface area (Å²) in [6.07, 6.45) is 0. The highest BCUT2D eigenvalue weighted by atomic mass is 32.2. The van der Waals surface area contributed by atoms with E-state index in [1.54, 1.807) is 13.8 Å². The molecular formula is C20H40O3S. The fourth-order valence-electron chi connectivity index (χ4n) is 6.14. The Bertz CT molecular complexity index is 602. The Morgan fingerprint density at radius 1 is 0.583 bits per heavy atom. The predicted octanol–water partition coefficient (Wildman–Crippen LogP) is 5.80. The van der Waals surface area contributed by atoms with Crippen molar-refractivity contribution in [1.82, 2.24) is 0 Å². The van der Waals surface area contributed by atoms with E-state index in [1.165, 1.54) is 0 Å². The van der Waals surface area contributed by atoms with Gasteiger partial charge in [0.1, 0.15) is 0 Å². The Balaban J connectivity index is 4.11. The van der Waals surface area contributed by atoms with Crippen molar-refractivity contribution < 1.29 is 13.0 Å². The van der Waals surface area contributed by atoms with E-state index < -0.39 is 20.3 Å². The van der Waals surface area contributed by atoms with E-state index in [1.807, 2.05) is 0 Å². The van der Waals surface area contributed by atoms with Gasteiger partial charge in [-0.2, -0.15) is 8.42 Å². The van der Waals surface area contributed by atoms with Crippen LogP contribution in [-0.2, 0) is 10.1 Å². The molecule has 0 aromatic heterocycles. The summed E-state index contributed by atoms with van der Waals surface area (Å²) in [4.78, 5) is 0. The second-order valence-corrected chi connectivity index (χ2v) is 13.2. The van der Waals surface area contributed by atoms with Crippen molar-refractivity contribution in [3.63, 3.8) is 0 Å². The molecular weight excluding hydrogens is 320 g/mol. The Morgan fingerprint density at radius 2 is 0.792 bits per heavy atom. The van der Waals surface area contributed by atoms with Gasteiger partial charge < -0.3 is 0 Å². The van der Waals surface area contributed by atoms with Crippen LogP contribution in [0.2, 0.25) is 0 Å². The van der Waals surface area contributed by atoms with Crippen LogP contribution < -0.4 is 0 Å². The zero-order valence-corrected chi connectivity index (χ0v) is 19.0. The maximum absolute atomic E-state index is 12.5. The van der Waals surface area contributed by atoms with E-state index in [4.69, 9.17) is 0 Å². The average molecular weight is 361 g/mol. The van der Waals surface area contributed by atoms with Crippen molar-refractivity contribution in [2.75, 3.05) is 0 Å². The molecule has 0 aromatic carbocycles. The topological polar surface area (TPSA) is 54.4 Å². The smallest absolute Gasteiger partial charge is 0.270 e. The molecule has 0 aromatic rings. The quantitative estimate of drug-likeness (QED) is 0.633. The molecule has 0 atom stereocenters. The third-order valence-electron chi connectivity index (χ3n) is 10.6. The number of hydrogen-bond acceptors (Lipinski definition) is 2. The second kappa shape index (κ2) is 4.79. The Labute approximate surface area is 150 Å². The summed E-state index contributed by atoms with van der Waals surface area (Å²) in [5.74, 6) is 0. The van der Waals surface area contributed by atoms with E-state index in [9.17, 15) is 13.0 Å². The zero-order valence-electron chi connectivity index (χ0n) is 18.2. The van der Waals surface area contributed by atoms with Crippen molar-refractivity contribution in [3.8, 4) is 0 Å². The van der Waals surface area contributed by atoms with Crippen molar-refractivity contribution in [3.05, 3.63) is 0 Å². The van der Waals surface area contributed by atoms with Gasteiger partial charge in [-0.15, -0.1) is 0 Å². The first-order valence-corrected chi connectivity index (χ1v) is 10.4. The number of hydrogen-bond donors (Lipinski definition) is 1. The average Bonchev–Trinajstić information content (AvgIpc) is 2.33. The Hall–Kier alpha value is -0.0900. The Morgan fingerprint density at radius 3 is 1.00 bits per heavy atom. The first-order chi connectivity index (χ1) is 10.0. The molecule has 1 rings (SSSR count). The van der Waals surface area contributed by atoms with E-state index in [2.05, 4.69) is 76.2 Å². The van der Waals surface area contributed by atoms with Crippen molar-refractivity contribution in [1.29, 1.82) is 0 Å². The van der Waals surface area contributed by atoms with E-state index >= 15 is 0 Å². The molecule has 0 radical (unpaired) electrons. The van der Waals surface area contributed by atoms with Crippen LogP contribution in [0.15, 0.2) is 0 Å². The molecule has 0 spiro atoms. The summed E-state index contributed by atoms with van der Waals surface area (Å²) < 4.78 is 33.8. The monoisotopic (exact) mass is 360 g/mol. The molecule has 1 aliphatic carbocycles. The van der Waals surface area contributed by atoms with E-state index in [0.717, 1.165) is 0 Å².